The van der Waals surface area contributed by atoms with E-state index in [4.69, 9.17) is 4.52 Å². The fourth-order valence-corrected chi connectivity index (χ4v) is 4.34. The number of piperidine rings is 1. The van der Waals surface area contributed by atoms with Gasteiger partial charge in [0.2, 0.25) is 0 Å². The van der Waals surface area contributed by atoms with E-state index in [9.17, 15) is 9.59 Å². The van der Waals surface area contributed by atoms with E-state index in [1.54, 1.807) is 36.7 Å². The number of anilines is 1. The van der Waals surface area contributed by atoms with Crippen molar-refractivity contribution in [2.75, 3.05) is 18.4 Å². The number of hydrogen-bond donors (Lipinski definition) is 3. The molecule has 1 aromatic carbocycles. The molecule has 8 heteroatoms. The van der Waals surface area contributed by atoms with Crippen LogP contribution >= 0.6 is 0 Å². The number of nitrogens with zero attached hydrogens (tertiary/aromatic N) is 2. The smallest absolute Gasteiger partial charge is 0.273 e. The molecular formula is C25H27N5O3. The summed E-state index contributed by atoms with van der Waals surface area (Å²) in [5.41, 5.74) is 2.37. The lowest BCUT2D eigenvalue weighted by Crippen LogP contribution is -2.39. The zero-order valence-electron chi connectivity index (χ0n) is 18.3. The molecule has 0 radical (unpaired) electrons. The quantitative estimate of drug-likeness (QED) is 0.512. The van der Waals surface area contributed by atoms with Gasteiger partial charge in [-0.15, -0.1) is 0 Å². The normalized spacial score (nSPS) is 17.3. The fraction of sp³-hybridized carbons (Fsp3) is 0.360. The standard InChI is InChI=1S/C25H27N5O3/c31-24(28-20-5-2-10-27-15-20)19-4-1-3-18(13-19)23(17-8-11-26-12-9-17)29-25(32)21-14-22(33-30-21)16-6-7-16/h1-5,10,13-17,23,26H,6-9,11-12H2,(H,28,31)(H,29,32). The monoisotopic (exact) mass is 445 g/mol. The minimum Gasteiger partial charge on any atom is -0.360 e. The topological polar surface area (TPSA) is 109 Å². The van der Waals surface area contributed by atoms with Gasteiger partial charge >= 0.3 is 0 Å². The van der Waals surface area contributed by atoms with E-state index < -0.39 is 0 Å². The number of amides is 2. The van der Waals surface area contributed by atoms with Crippen LogP contribution in [0.25, 0.3) is 0 Å². The third-order valence-electron chi connectivity index (χ3n) is 6.31. The van der Waals surface area contributed by atoms with Crippen molar-refractivity contribution in [2.45, 2.75) is 37.6 Å². The van der Waals surface area contributed by atoms with Crippen molar-refractivity contribution in [2.24, 2.45) is 5.92 Å². The molecule has 1 unspecified atom stereocenters. The molecule has 0 spiro atoms. The third-order valence-corrected chi connectivity index (χ3v) is 6.31. The maximum absolute atomic E-state index is 13.1. The van der Waals surface area contributed by atoms with Crippen molar-refractivity contribution in [3.63, 3.8) is 0 Å². The molecule has 1 saturated carbocycles. The van der Waals surface area contributed by atoms with Crippen molar-refractivity contribution in [3.8, 4) is 0 Å². The average molecular weight is 446 g/mol. The van der Waals surface area contributed by atoms with Crippen molar-refractivity contribution in [3.05, 3.63) is 77.4 Å². The summed E-state index contributed by atoms with van der Waals surface area (Å²) < 4.78 is 5.37. The first kappa shape index (κ1) is 21.3. The van der Waals surface area contributed by atoms with E-state index in [0.29, 0.717) is 22.9 Å². The molecule has 1 saturated heterocycles. The van der Waals surface area contributed by atoms with Gasteiger partial charge in [-0.2, -0.15) is 0 Å². The molecule has 1 aliphatic carbocycles. The highest BCUT2D eigenvalue weighted by atomic mass is 16.5. The Balaban J connectivity index is 1.37. The van der Waals surface area contributed by atoms with Crippen LogP contribution in [0.1, 0.15) is 69.8 Å². The van der Waals surface area contributed by atoms with Gasteiger partial charge in [0.05, 0.1) is 17.9 Å². The average Bonchev–Trinajstić information content (AvgIpc) is 3.59. The third kappa shape index (κ3) is 5.12. The summed E-state index contributed by atoms with van der Waals surface area (Å²) >= 11 is 0. The van der Waals surface area contributed by atoms with Crippen LogP contribution in [-0.4, -0.2) is 35.0 Å². The summed E-state index contributed by atoms with van der Waals surface area (Å²) in [5, 5.41) is 13.4. The molecule has 2 amide bonds. The highest BCUT2D eigenvalue weighted by Crippen LogP contribution is 2.40. The molecule has 1 atom stereocenters. The second-order valence-corrected chi connectivity index (χ2v) is 8.75. The number of nitrogens with one attached hydrogen (secondary N) is 3. The predicted octanol–water partition coefficient (Wildman–Crippen LogP) is 3.67. The van der Waals surface area contributed by atoms with Gasteiger partial charge in [0.1, 0.15) is 5.76 Å². The number of pyridine rings is 1. The van der Waals surface area contributed by atoms with E-state index in [-0.39, 0.29) is 23.8 Å². The Morgan fingerprint density at radius 3 is 2.64 bits per heavy atom. The minimum atomic E-state index is -0.251. The SMILES string of the molecule is O=C(Nc1cccnc1)c1cccc(C(NC(=O)c2cc(C3CC3)on2)C2CCNCC2)c1. The van der Waals surface area contributed by atoms with E-state index in [2.05, 4.69) is 26.1 Å². The van der Waals surface area contributed by atoms with Gasteiger partial charge in [-0.25, -0.2) is 0 Å². The van der Waals surface area contributed by atoms with Gasteiger partial charge in [0, 0.05) is 23.7 Å². The Morgan fingerprint density at radius 1 is 1.03 bits per heavy atom. The minimum absolute atomic E-state index is 0.217. The van der Waals surface area contributed by atoms with Crippen LogP contribution in [-0.2, 0) is 0 Å². The molecule has 3 heterocycles. The fourth-order valence-electron chi connectivity index (χ4n) is 4.34. The molecule has 1 aliphatic heterocycles. The van der Waals surface area contributed by atoms with Crippen LogP contribution in [0.15, 0.2) is 59.4 Å². The molecule has 33 heavy (non-hydrogen) atoms. The Bertz CT molecular complexity index is 1120. The van der Waals surface area contributed by atoms with Crippen LogP contribution in [0.5, 0.6) is 0 Å². The number of benzene rings is 1. The van der Waals surface area contributed by atoms with Crippen LogP contribution in [0, 0.1) is 5.92 Å². The van der Waals surface area contributed by atoms with Crippen molar-refractivity contribution in [1.82, 2.24) is 20.8 Å². The molecule has 2 aromatic heterocycles. The number of carbonyl (C=O) groups excluding carboxylic acids is 2. The lowest BCUT2D eigenvalue weighted by atomic mass is 9.85. The van der Waals surface area contributed by atoms with E-state index >= 15 is 0 Å². The molecule has 0 bridgehead atoms. The number of hydrogen-bond acceptors (Lipinski definition) is 6. The van der Waals surface area contributed by atoms with Gasteiger partial charge < -0.3 is 20.5 Å². The van der Waals surface area contributed by atoms with Crippen molar-refractivity contribution in [1.29, 1.82) is 0 Å². The second-order valence-electron chi connectivity index (χ2n) is 8.75. The summed E-state index contributed by atoms with van der Waals surface area (Å²) in [6, 6.07) is 12.5. The molecule has 8 nitrogen and oxygen atoms in total. The highest BCUT2D eigenvalue weighted by Gasteiger charge is 2.31. The summed E-state index contributed by atoms with van der Waals surface area (Å²) in [6.07, 6.45) is 7.30. The van der Waals surface area contributed by atoms with Crippen LogP contribution in [0.2, 0.25) is 0 Å². The predicted molar refractivity (Wildman–Crippen MR) is 123 cm³/mol. The summed E-state index contributed by atoms with van der Waals surface area (Å²) in [5.74, 6) is 0.966. The molecule has 3 N–H and O–H groups in total. The first-order valence-electron chi connectivity index (χ1n) is 11.5. The van der Waals surface area contributed by atoms with E-state index in [1.807, 2.05) is 18.2 Å². The van der Waals surface area contributed by atoms with Gasteiger partial charge in [-0.3, -0.25) is 14.6 Å². The zero-order chi connectivity index (χ0) is 22.6. The van der Waals surface area contributed by atoms with Gasteiger partial charge in [-0.05, 0) is 74.5 Å². The molecule has 5 rings (SSSR count). The van der Waals surface area contributed by atoms with Crippen molar-refractivity contribution < 1.29 is 14.1 Å². The number of carbonyl (C=O) groups is 2. The maximum atomic E-state index is 13.1. The Kier molecular flexibility index (Phi) is 6.17. The van der Waals surface area contributed by atoms with E-state index in [0.717, 1.165) is 50.1 Å². The first-order chi connectivity index (χ1) is 16.2. The summed E-state index contributed by atoms with van der Waals surface area (Å²) in [4.78, 5) is 29.9. The Morgan fingerprint density at radius 2 is 1.88 bits per heavy atom. The van der Waals surface area contributed by atoms with Crippen molar-refractivity contribution >= 4 is 17.5 Å². The van der Waals surface area contributed by atoms with Crippen LogP contribution in [0.4, 0.5) is 5.69 Å². The van der Waals surface area contributed by atoms with Crippen LogP contribution < -0.4 is 16.0 Å². The Labute approximate surface area is 192 Å². The lowest BCUT2D eigenvalue weighted by Gasteiger charge is -2.31. The molecule has 2 aliphatic rings. The Hall–Kier alpha value is -3.52. The molecule has 2 fully saturated rings. The first-order valence-corrected chi connectivity index (χ1v) is 11.5. The van der Waals surface area contributed by atoms with Crippen LogP contribution in [0.3, 0.4) is 0 Å². The zero-order valence-corrected chi connectivity index (χ0v) is 18.3. The number of rotatable bonds is 7. The van der Waals surface area contributed by atoms with E-state index in [1.165, 1.54) is 0 Å². The highest BCUT2D eigenvalue weighted by molar-refractivity contribution is 6.04. The van der Waals surface area contributed by atoms with Gasteiger partial charge in [0.25, 0.3) is 11.8 Å². The second kappa shape index (κ2) is 9.54. The number of aromatic nitrogens is 2. The summed E-state index contributed by atoms with van der Waals surface area (Å²) in [7, 11) is 0. The molecular weight excluding hydrogens is 418 g/mol. The lowest BCUT2D eigenvalue weighted by molar-refractivity contribution is 0.0904. The van der Waals surface area contributed by atoms with Gasteiger partial charge in [-0.1, -0.05) is 17.3 Å². The van der Waals surface area contributed by atoms with Gasteiger partial charge in [0.15, 0.2) is 5.69 Å². The molecule has 170 valence electrons. The largest absolute Gasteiger partial charge is 0.360 e. The summed E-state index contributed by atoms with van der Waals surface area (Å²) in [6.45, 7) is 1.79. The molecule has 3 aromatic rings. The maximum Gasteiger partial charge on any atom is 0.273 e.